The van der Waals surface area contributed by atoms with Crippen LogP contribution in [0.15, 0.2) is 0 Å². The minimum absolute atomic E-state index is 0.100. The zero-order valence-corrected chi connectivity index (χ0v) is 8.63. The molecule has 3 heteroatoms. The van der Waals surface area contributed by atoms with Crippen molar-refractivity contribution in [1.29, 1.82) is 0 Å². The zero-order chi connectivity index (χ0) is 9.90. The average Bonchev–Trinajstić information content (AvgIpc) is 2.48. The molecule has 0 radical (unpaired) electrons. The highest BCUT2D eigenvalue weighted by atomic mass is 16.6. The van der Waals surface area contributed by atoms with E-state index in [1.165, 1.54) is 0 Å². The first-order valence-corrected chi connectivity index (χ1v) is 4.87. The Morgan fingerprint density at radius 3 is 2.77 bits per heavy atom. The fourth-order valence-electron chi connectivity index (χ4n) is 1.91. The van der Waals surface area contributed by atoms with Crippen molar-refractivity contribution in [3.8, 4) is 0 Å². The van der Waals surface area contributed by atoms with Gasteiger partial charge in [-0.15, -0.1) is 0 Å². The molecule has 3 nitrogen and oxygen atoms in total. The van der Waals surface area contributed by atoms with Crippen LogP contribution < -0.4 is 0 Å². The number of carbonyl (C=O) groups is 1. The van der Waals surface area contributed by atoms with Gasteiger partial charge in [0.05, 0.1) is 12.7 Å². The van der Waals surface area contributed by atoms with E-state index in [-0.39, 0.29) is 11.9 Å². The highest BCUT2D eigenvalue weighted by Crippen LogP contribution is 2.31. The average molecular weight is 186 g/mol. The molecule has 0 saturated carbocycles. The Hall–Kier alpha value is -0.410. The number of hydrogen-bond donors (Lipinski definition) is 0. The highest BCUT2D eigenvalue weighted by molar-refractivity contribution is 5.88. The summed E-state index contributed by atoms with van der Waals surface area (Å²) in [5, 5.41) is 0. The first kappa shape index (κ1) is 10.7. The monoisotopic (exact) mass is 186 g/mol. The number of rotatable bonds is 4. The fraction of sp³-hybridized carbons (Fsp3) is 0.900. The third kappa shape index (κ3) is 1.76. The van der Waals surface area contributed by atoms with E-state index in [9.17, 15) is 4.79 Å². The Morgan fingerprint density at radius 2 is 2.38 bits per heavy atom. The SMILES string of the molecule is CCCC(=O)C1(OC)CCOC1C. The Kier molecular flexibility index (Phi) is 3.45. The second-order valence-electron chi connectivity index (χ2n) is 3.53. The van der Waals surface area contributed by atoms with E-state index in [1.54, 1.807) is 7.11 Å². The number of Topliss-reactive ketones (excluding diaryl/α,β-unsaturated/α-hetero) is 1. The molecule has 0 aromatic heterocycles. The molecule has 0 N–H and O–H groups in total. The third-order valence-electron chi connectivity index (χ3n) is 2.81. The number of hydrogen-bond acceptors (Lipinski definition) is 3. The van der Waals surface area contributed by atoms with E-state index in [0.29, 0.717) is 19.4 Å². The Bertz CT molecular complexity index is 191. The molecule has 2 atom stereocenters. The smallest absolute Gasteiger partial charge is 0.167 e. The van der Waals surface area contributed by atoms with Crippen LogP contribution in [0.1, 0.15) is 33.1 Å². The summed E-state index contributed by atoms with van der Waals surface area (Å²) in [6.45, 7) is 4.54. The molecule has 1 heterocycles. The van der Waals surface area contributed by atoms with Crippen molar-refractivity contribution in [3.05, 3.63) is 0 Å². The van der Waals surface area contributed by atoms with E-state index >= 15 is 0 Å². The van der Waals surface area contributed by atoms with Gasteiger partial charge < -0.3 is 9.47 Å². The Morgan fingerprint density at radius 1 is 1.69 bits per heavy atom. The fourth-order valence-corrected chi connectivity index (χ4v) is 1.91. The van der Waals surface area contributed by atoms with Crippen molar-refractivity contribution < 1.29 is 14.3 Å². The summed E-state index contributed by atoms with van der Waals surface area (Å²) >= 11 is 0. The summed E-state index contributed by atoms with van der Waals surface area (Å²) in [6.07, 6.45) is 2.05. The quantitative estimate of drug-likeness (QED) is 0.668. The van der Waals surface area contributed by atoms with Crippen molar-refractivity contribution in [2.45, 2.75) is 44.8 Å². The van der Waals surface area contributed by atoms with Gasteiger partial charge in [0.1, 0.15) is 0 Å². The predicted octanol–water partition coefficient (Wildman–Crippen LogP) is 1.55. The van der Waals surface area contributed by atoms with Crippen molar-refractivity contribution in [1.82, 2.24) is 0 Å². The van der Waals surface area contributed by atoms with Crippen LogP contribution in [0.2, 0.25) is 0 Å². The molecule has 0 bridgehead atoms. The van der Waals surface area contributed by atoms with Crippen LogP contribution in [0.4, 0.5) is 0 Å². The van der Waals surface area contributed by atoms with Gasteiger partial charge >= 0.3 is 0 Å². The third-order valence-corrected chi connectivity index (χ3v) is 2.81. The number of ketones is 1. The van der Waals surface area contributed by atoms with E-state index in [2.05, 4.69) is 0 Å². The number of ether oxygens (including phenoxy) is 2. The predicted molar refractivity (Wildman–Crippen MR) is 49.7 cm³/mol. The first-order chi connectivity index (χ1) is 6.17. The summed E-state index contributed by atoms with van der Waals surface area (Å²) in [5.74, 6) is 0.183. The summed E-state index contributed by atoms with van der Waals surface area (Å²) in [7, 11) is 1.60. The van der Waals surface area contributed by atoms with Crippen molar-refractivity contribution in [2.75, 3.05) is 13.7 Å². The largest absolute Gasteiger partial charge is 0.375 e. The van der Waals surface area contributed by atoms with Crippen molar-refractivity contribution in [3.63, 3.8) is 0 Å². The molecule has 0 spiro atoms. The maximum atomic E-state index is 11.8. The molecule has 1 saturated heterocycles. The molecule has 1 aliphatic rings. The molecule has 2 unspecified atom stereocenters. The second-order valence-corrected chi connectivity index (χ2v) is 3.53. The second kappa shape index (κ2) is 4.20. The summed E-state index contributed by atoms with van der Waals surface area (Å²) < 4.78 is 10.7. The Balaban J connectivity index is 2.73. The molecule has 0 amide bonds. The maximum absolute atomic E-state index is 11.8. The standard InChI is InChI=1S/C10H18O3/c1-4-5-9(11)10(12-3)6-7-13-8(10)2/h8H,4-7H2,1-3H3. The highest BCUT2D eigenvalue weighted by Gasteiger charge is 2.47. The van der Waals surface area contributed by atoms with Crippen molar-refractivity contribution in [2.24, 2.45) is 0 Å². The van der Waals surface area contributed by atoms with Gasteiger partial charge in [-0.25, -0.2) is 0 Å². The van der Waals surface area contributed by atoms with Gasteiger partial charge in [-0.05, 0) is 13.3 Å². The summed E-state index contributed by atoms with van der Waals surface area (Å²) in [5.41, 5.74) is -0.657. The van der Waals surface area contributed by atoms with Gasteiger partial charge in [-0.1, -0.05) is 6.92 Å². The van der Waals surface area contributed by atoms with Gasteiger partial charge in [0.25, 0.3) is 0 Å². The van der Waals surface area contributed by atoms with Gasteiger partial charge in [0, 0.05) is 20.0 Å². The molecule has 13 heavy (non-hydrogen) atoms. The van der Waals surface area contributed by atoms with E-state index in [4.69, 9.17) is 9.47 Å². The summed E-state index contributed by atoms with van der Waals surface area (Å²) in [4.78, 5) is 11.8. The van der Waals surface area contributed by atoms with Crippen LogP contribution in [0.5, 0.6) is 0 Å². The Labute approximate surface area is 79.4 Å². The van der Waals surface area contributed by atoms with Gasteiger partial charge in [0.2, 0.25) is 0 Å². The van der Waals surface area contributed by atoms with Gasteiger partial charge in [0.15, 0.2) is 11.4 Å². The van der Waals surface area contributed by atoms with Crippen LogP contribution in [0.3, 0.4) is 0 Å². The van der Waals surface area contributed by atoms with E-state index in [1.807, 2.05) is 13.8 Å². The lowest BCUT2D eigenvalue weighted by Crippen LogP contribution is -2.46. The van der Waals surface area contributed by atoms with Gasteiger partial charge in [-0.2, -0.15) is 0 Å². The van der Waals surface area contributed by atoms with Crippen LogP contribution in [0.25, 0.3) is 0 Å². The molecular formula is C10H18O3. The molecular weight excluding hydrogens is 168 g/mol. The number of carbonyl (C=O) groups excluding carboxylic acids is 1. The first-order valence-electron chi connectivity index (χ1n) is 4.87. The maximum Gasteiger partial charge on any atom is 0.167 e. The molecule has 1 fully saturated rings. The van der Waals surface area contributed by atoms with Crippen LogP contribution in [-0.4, -0.2) is 31.2 Å². The molecule has 0 aromatic carbocycles. The van der Waals surface area contributed by atoms with Crippen LogP contribution in [-0.2, 0) is 14.3 Å². The topological polar surface area (TPSA) is 35.5 Å². The van der Waals surface area contributed by atoms with Crippen LogP contribution >= 0.6 is 0 Å². The van der Waals surface area contributed by atoms with Crippen molar-refractivity contribution >= 4 is 5.78 Å². The van der Waals surface area contributed by atoms with Gasteiger partial charge in [-0.3, -0.25) is 4.79 Å². The lowest BCUT2D eigenvalue weighted by Gasteiger charge is -2.28. The summed E-state index contributed by atoms with van der Waals surface area (Å²) in [6, 6.07) is 0. The number of methoxy groups -OCH3 is 1. The zero-order valence-electron chi connectivity index (χ0n) is 8.63. The van der Waals surface area contributed by atoms with E-state index in [0.717, 1.165) is 6.42 Å². The molecule has 1 rings (SSSR count). The molecule has 0 aliphatic carbocycles. The lowest BCUT2D eigenvalue weighted by molar-refractivity contribution is -0.146. The molecule has 0 aromatic rings. The normalized spacial score (nSPS) is 33.6. The van der Waals surface area contributed by atoms with E-state index < -0.39 is 5.60 Å². The minimum atomic E-state index is -0.657. The molecule has 1 aliphatic heterocycles. The lowest BCUT2D eigenvalue weighted by atomic mass is 9.89. The minimum Gasteiger partial charge on any atom is -0.375 e. The molecule has 76 valence electrons. The van der Waals surface area contributed by atoms with Crippen LogP contribution in [0, 0.1) is 0 Å².